The molecule has 4 aliphatic rings. The number of likely N-dealkylation sites (tertiary alicyclic amines) is 2. The number of hydrogen-bond donors (Lipinski definition) is 1. The number of phenolic OH excluding ortho intramolecular Hbond substituents is 1. The van der Waals surface area contributed by atoms with Crippen molar-refractivity contribution in [1.29, 1.82) is 0 Å². The number of halogens is 2. The predicted molar refractivity (Wildman–Crippen MR) is 129 cm³/mol. The number of benzene rings is 1. The molecule has 0 aromatic heterocycles. The largest absolute Gasteiger partial charge is 0.504 e. The van der Waals surface area contributed by atoms with Crippen LogP contribution < -0.4 is 4.74 Å². The van der Waals surface area contributed by atoms with E-state index in [0.29, 0.717) is 10.5 Å². The van der Waals surface area contributed by atoms with Crippen molar-refractivity contribution in [2.45, 2.75) is 35.4 Å². The Hall–Kier alpha value is -3.11. The van der Waals surface area contributed by atoms with Gasteiger partial charge in [-0.3, -0.25) is 24.1 Å². The molecule has 1 N–H and O–H groups in total. The number of aromatic hydroxyl groups is 1. The fourth-order valence-corrected chi connectivity index (χ4v) is 7.42. The molecule has 196 valence electrons. The van der Waals surface area contributed by atoms with Gasteiger partial charge in [0.05, 0.1) is 25.6 Å². The average molecular weight is 551 g/mol. The van der Waals surface area contributed by atoms with E-state index in [9.17, 15) is 29.1 Å². The number of para-hydroxylation sites is 1. The molecule has 37 heavy (non-hydrogen) atoms. The van der Waals surface area contributed by atoms with Gasteiger partial charge in [0.15, 0.2) is 21.2 Å². The first-order valence-electron chi connectivity index (χ1n) is 11.8. The van der Waals surface area contributed by atoms with E-state index >= 15 is 0 Å². The van der Waals surface area contributed by atoms with Crippen molar-refractivity contribution in [3.63, 3.8) is 0 Å². The number of methoxy groups -OCH3 is 1. The van der Waals surface area contributed by atoms with Crippen LogP contribution in [0.15, 0.2) is 29.8 Å². The lowest BCUT2D eigenvalue weighted by atomic mass is 9.56. The first-order valence-corrected chi connectivity index (χ1v) is 12.5. The Kier molecular flexibility index (Phi) is 5.84. The molecule has 6 unspecified atom stereocenters. The van der Waals surface area contributed by atoms with Crippen LogP contribution in [0.5, 0.6) is 11.5 Å². The molecular weight excluding hydrogens is 527 g/mol. The van der Waals surface area contributed by atoms with Gasteiger partial charge in [0.25, 0.3) is 11.8 Å². The molecule has 2 heterocycles. The molecule has 2 saturated heterocycles. The number of allylic oxidation sites excluding steroid dienone is 2. The summed E-state index contributed by atoms with van der Waals surface area (Å²) in [5, 5.41) is 11.2. The monoisotopic (exact) mass is 550 g/mol. The van der Waals surface area contributed by atoms with E-state index < -0.39 is 63.1 Å². The van der Waals surface area contributed by atoms with Crippen LogP contribution in [-0.4, -0.2) is 75.1 Å². The van der Waals surface area contributed by atoms with Crippen LogP contribution in [0, 0.1) is 17.8 Å². The molecule has 0 radical (unpaired) electrons. The van der Waals surface area contributed by atoms with Gasteiger partial charge in [-0.05, 0) is 31.7 Å². The molecule has 2 aliphatic heterocycles. The summed E-state index contributed by atoms with van der Waals surface area (Å²) in [6.45, 7) is 1.99. The normalized spacial score (nSPS) is 34.7. The summed E-state index contributed by atoms with van der Waals surface area (Å²) in [5.41, 5.74) is 0.680. The molecule has 1 aromatic rings. The molecule has 12 heteroatoms. The first kappa shape index (κ1) is 25.5. The number of alkyl halides is 2. The SMILES string of the molecule is CCOc1cccc(C2C3=CCC4C(=O)N(C(=O)OC)C(=O)C4C3CC3(Cl)C(=O)N(C)C(=O)C23Cl)c1O. The maximum atomic E-state index is 13.5. The minimum Gasteiger partial charge on any atom is -0.504 e. The highest BCUT2D eigenvalue weighted by Crippen LogP contribution is 2.66. The third kappa shape index (κ3) is 3.08. The number of ether oxygens (including phenoxy) is 2. The summed E-state index contributed by atoms with van der Waals surface area (Å²) in [4.78, 5) is 62.9. The van der Waals surface area contributed by atoms with Crippen molar-refractivity contribution < 1.29 is 38.6 Å². The number of phenols is 1. The summed E-state index contributed by atoms with van der Waals surface area (Å²) in [6.07, 6.45) is 0.457. The molecule has 5 rings (SSSR count). The number of carbonyl (C=O) groups excluding carboxylic acids is 5. The van der Waals surface area contributed by atoms with Crippen molar-refractivity contribution in [3.8, 4) is 11.5 Å². The Morgan fingerprint density at radius 1 is 1.14 bits per heavy atom. The number of rotatable bonds is 3. The molecule has 1 aromatic carbocycles. The van der Waals surface area contributed by atoms with E-state index in [1.54, 1.807) is 31.2 Å². The molecule has 1 saturated carbocycles. The van der Waals surface area contributed by atoms with E-state index in [1.807, 2.05) is 0 Å². The van der Waals surface area contributed by atoms with Crippen molar-refractivity contribution in [2.24, 2.45) is 17.8 Å². The van der Waals surface area contributed by atoms with E-state index in [4.69, 9.17) is 27.9 Å². The van der Waals surface area contributed by atoms with Gasteiger partial charge >= 0.3 is 6.09 Å². The first-order chi connectivity index (χ1) is 17.4. The Labute approximate surface area is 222 Å². The van der Waals surface area contributed by atoms with Gasteiger partial charge in [0, 0.05) is 18.5 Å². The minimum atomic E-state index is -2.04. The van der Waals surface area contributed by atoms with Crippen molar-refractivity contribution in [1.82, 2.24) is 9.80 Å². The molecule has 0 bridgehead atoms. The van der Waals surface area contributed by atoms with Gasteiger partial charge in [0.2, 0.25) is 11.8 Å². The summed E-state index contributed by atoms with van der Waals surface area (Å²) in [7, 11) is 2.34. The predicted octanol–water partition coefficient (Wildman–Crippen LogP) is 2.55. The topological polar surface area (TPSA) is 131 Å². The van der Waals surface area contributed by atoms with E-state index in [0.717, 1.165) is 12.0 Å². The summed E-state index contributed by atoms with van der Waals surface area (Å²) < 4.78 is 10.2. The third-order valence-corrected chi connectivity index (χ3v) is 9.43. The Balaban J connectivity index is 1.73. The standard InChI is InChI=1S/C25H24Cl2N2O8/c1-4-37-15-7-5-6-13(18(15)30)17-11-8-9-12-16(20(32)29(19(12)31)23(35)36-3)14(11)10-24(26)21(33)28(2)22(34)25(17,24)27/h5-8,12,14,16-17,30H,4,9-10H2,1-3H3. The maximum absolute atomic E-state index is 13.5. The van der Waals surface area contributed by atoms with E-state index in [2.05, 4.69) is 4.74 Å². The second-order valence-electron chi connectivity index (χ2n) is 9.61. The van der Waals surface area contributed by atoms with Crippen LogP contribution >= 0.6 is 23.2 Å². The van der Waals surface area contributed by atoms with E-state index in [1.165, 1.54) is 7.05 Å². The molecular formula is C25H24Cl2N2O8. The van der Waals surface area contributed by atoms with Gasteiger partial charge in [-0.15, -0.1) is 23.2 Å². The third-order valence-electron chi connectivity index (χ3n) is 8.01. The number of amides is 5. The molecule has 2 aliphatic carbocycles. The van der Waals surface area contributed by atoms with Gasteiger partial charge in [-0.1, -0.05) is 23.8 Å². The highest BCUT2D eigenvalue weighted by atomic mass is 35.5. The average Bonchev–Trinajstić information content (AvgIpc) is 3.20. The summed E-state index contributed by atoms with van der Waals surface area (Å²) in [5.74, 6) is -6.96. The zero-order valence-corrected chi connectivity index (χ0v) is 21.7. The summed E-state index contributed by atoms with van der Waals surface area (Å²) in [6, 6.07) is 4.71. The quantitative estimate of drug-likeness (QED) is 0.345. The van der Waals surface area contributed by atoms with Gasteiger partial charge in [-0.25, -0.2) is 4.79 Å². The lowest BCUT2D eigenvalue weighted by Crippen LogP contribution is -2.60. The Morgan fingerprint density at radius 3 is 2.49 bits per heavy atom. The van der Waals surface area contributed by atoms with Crippen LogP contribution in [0.1, 0.15) is 31.2 Å². The smallest absolute Gasteiger partial charge is 0.423 e. The molecule has 6 atom stereocenters. The van der Waals surface area contributed by atoms with Gasteiger partial charge < -0.3 is 14.6 Å². The van der Waals surface area contributed by atoms with Crippen LogP contribution in [0.2, 0.25) is 0 Å². The molecule has 5 amide bonds. The fraction of sp³-hybridized carbons (Fsp3) is 0.480. The summed E-state index contributed by atoms with van der Waals surface area (Å²) >= 11 is 14.1. The lowest BCUT2D eigenvalue weighted by molar-refractivity contribution is -0.139. The second kappa shape index (κ2) is 8.46. The highest BCUT2D eigenvalue weighted by molar-refractivity contribution is 6.53. The number of fused-ring (bicyclic) bond motifs is 4. The minimum absolute atomic E-state index is 0.0806. The molecule has 0 spiro atoms. The van der Waals surface area contributed by atoms with Gasteiger partial charge in [-0.2, -0.15) is 4.90 Å². The van der Waals surface area contributed by atoms with Gasteiger partial charge in [0.1, 0.15) is 0 Å². The molecule has 3 fully saturated rings. The lowest BCUT2D eigenvalue weighted by Gasteiger charge is -2.50. The fourth-order valence-electron chi connectivity index (χ4n) is 6.40. The Morgan fingerprint density at radius 2 is 1.84 bits per heavy atom. The zero-order valence-electron chi connectivity index (χ0n) is 20.2. The maximum Gasteiger partial charge on any atom is 0.423 e. The number of nitrogens with zero attached hydrogens (tertiary/aromatic N) is 2. The highest BCUT2D eigenvalue weighted by Gasteiger charge is 2.76. The number of imide groups is 4. The van der Waals surface area contributed by atoms with Crippen LogP contribution in [0.3, 0.4) is 0 Å². The number of carbonyl (C=O) groups is 5. The number of hydrogen-bond acceptors (Lipinski definition) is 8. The second-order valence-corrected chi connectivity index (χ2v) is 10.8. The van der Waals surface area contributed by atoms with Crippen LogP contribution in [0.4, 0.5) is 4.79 Å². The van der Waals surface area contributed by atoms with Crippen LogP contribution in [0.25, 0.3) is 0 Å². The van der Waals surface area contributed by atoms with E-state index in [-0.39, 0.29) is 36.5 Å². The molecule has 10 nitrogen and oxygen atoms in total. The van der Waals surface area contributed by atoms with Crippen molar-refractivity contribution in [3.05, 3.63) is 35.4 Å². The van der Waals surface area contributed by atoms with Crippen molar-refractivity contribution >= 4 is 52.9 Å². The Bertz CT molecular complexity index is 1300. The van der Waals surface area contributed by atoms with Crippen molar-refractivity contribution in [2.75, 3.05) is 20.8 Å². The zero-order chi connectivity index (χ0) is 27.0. The van der Waals surface area contributed by atoms with Crippen LogP contribution in [-0.2, 0) is 23.9 Å².